The predicted molar refractivity (Wildman–Crippen MR) is 113 cm³/mol. The first-order valence-electron chi connectivity index (χ1n) is 6.23. The van der Waals surface area contributed by atoms with Crippen LogP contribution >= 0.6 is 0 Å². The van der Waals surface area contributed by atoms with Crippen molar-refractivity contribution in [3.63, 3.8) is 0 Å². The van der Waals surface area contributed by atoms with Crippen molar-refractivity contribution in [3.8, 4) is 0 Å². The Morgan fingerprint density at radius 3 is 0.450 bits per heavy atom. The Morgan fingerprint density at radius 1 is 0.300 bits per heavy atom. The van der Waals surface area contributed by atoms with Gasteiger partial charge in [-0.15, -0.1) is 0 Å². The zero-order chi connectivity index (χ0) is 14.5. The number of hydrogen-bond acceptors (Lipinski definition) is 6. The Kier molecular flexibility index (Phi) is 76.1. The van der Waals surface area contributed by atoms with E-state index in [1.165, 1.54) is 0 Å². The smallest absolute Gasteiger partial charge is 0.793 e. The molecule has 0 bridgehead atoms. The fourth-order valence-electron chi connectivity index (χ4n) is 0.612. The van der Waals surface area contributed by atoms with Crippen molar-refractivity contribution in [3.05, 3.63) is 0 Å². The molecule has 0 fully saturated rings. The molecule has 4 radical (unpaired) electrons. The van der Waals surface area contributed by atoms with Gasteiger partial charge in [-0.25, -0.2) is 0 Å². The van der Waals surface area contributed by atoms with Gasteiger partial charge in [0.1, 0.15) is 0 Å². The molecule has 118 valence electrons. The van der Waals surface area contributed by atoms with Gasteiger partial charge in [0, 0.05) is 0 Å². The minimum atomic E-state index is 0. The van der Waals surface area contributed by atoms with E-state index in [2.05, 4.69) is 75.8 Å². The van der Waals surface area contributed by atoms with Crippen LogP contribution in [0.4, 0.5) is 0 Å². The third-order valence-corrected chi connectivity index (χ3v) is 3.35. The van der Waals surface area contributed by atoms with E-state index in [-0.39, 0.29) is 52.4 Å². The fourth-order valence-corrected chi connectivity index (χ4v) is 1.84. The van der Waals surface area contributed by atoms with Gasteiger partial charge in [0.2, 0.25) is 0 Å². The van der Waals surface area contributed by atoms with Crippen LogP contribution in [0.1, 0.15) is 38.5 Å². The first kappa shape index (κ1) is 35.1. The maximum Gasteiger partial charge on any atom is 3.00 e. The van der Waals surface area contributed by atoms with Gasteiger partial charge in [0.05, 0.1) is 0 Å². The SMILES string of the molecule is [Bi+3].[Bi+3].[S-]CCCC[S-].[S-]CCCC[S-].[S-]CCCC[S-]. The number of unbranched alkanes of at least 4 members (excludes halogenated alkanes) is 3. The largest absolute Gasteiger partial charge is 3.00 e. The van der Waals surface area contributed by atoms with E-state index >= 15 is 0 Å². The average molecular weight is 779 g/mol. The maximum absolute atomic E-state index is 4.67. The van der Waals surface area contributed by atoms with E-state index < -0.39 is 0 Å². The van der Waals surface area contributed by atoms with Crippen LogP contribution in [0.5, 0.6) is 0 Å². The second kappa shape index (κ2) is 43.4. The van der Waals surface area contributed by atoms with Crippen molar-refractivity contribution in [1.29, 1.82) is 0 Å². The molecule has 0 unspecified atom stereocenters. The molecule has 0 saturated carbocycles. The molecule has 0 rings (SSSR count). The van der Waals surface area contributed by atoms with E-state index in [0.717, 1.165) is 73.0 Å². The van der Waals surface area contributed by atoms with Gasteiger partial charge < -0.3 is 75.8 Å². The van der Waals surface area contributed by atoms with Crippen LogP contribution in [0.3, 0.4) is 0 Å². The summed E-state index contributed by atoms with van der Waals surface area (Å²) in [5.74, 6) is 5.23. The van der Waals surface area contributed by atoms with Gasteiger partial charge in [-0.05, 0) is 0 Å². The van der Waals surface area contributed by atoms with Crippen molar-refractivity contribution < 1.29 is 0 Å². The Balaban J connectivity index is -0.0000000536. The predicted octanol–water partition coefficient (Wildman–Crippen LogP) is 1.82. The molecule has 0 aliphatic heterocycles. The molecule has 0 aromatic carbocycles. The monoisotopic (exact) mass is 778 g/mol. The van der Waals surface area contributed by atoms with Crippen LogP contribution in [0.15, 0.2) is 0 Å². The molecule has 0 aliphatic rings. The third kappa shape index (κ3) is 57.5. The Hall–Kier alpha value is 3.87. The Labute approximate surface area is 198 Å². The van der Waals surface area contributed by atoms with Crippen molar-refractivity contribution in [2.45, 2.75) is 38.5 Å². The molecule has 8 heteroatoms. The molecule has 0 aromatic heterocycles. The third-order valence-electron chi connectivity index (χ3n) is 1.62. The first-order chi connectivity index (χ1) is 8.74. The van der Waals surface area contributed by atoms with E-state index in [9.17, 15) is 0 Å². The van der Waals surface area contributed by atoms with Gasteiger partial charge in [-0.3, -0.25) is 0 Å². The average Bonchev–Trinajstić information content (AvgIpc) is 2.42. The molecule has 0 spiro atoms. The van der Waals surface area contributed by atoms with E-state index in [4.69, 9.17) is 0 Å². The molecule has 0 saturated heterocycles. The summed E-state index contributed by atoms with van der Waals surface area (Å²) in [5.41, 5.74) is 0. The second-order valence-corrected chi connectivity index (χ2v) is 5.80. The molecular formula is C12H24Bi2S6. The maximum atomic E-state index is 4.67. The summed E-state index contributed by atoms with van der Waals surface area (Å²) >= 11 is 28.0. The number of hydrogen-bond donors (Lipinski definition) is 0. The molecule has 0 aromatic rings. The summed E-state index contributed by atoms with van der Waals surface area (Å²) in [6, 6.07) is 0. The fraction of sp³-hybridized carbons (Fsp3) is 1.00. The van der Waals surface area contributed by atoms with Gasteiger partial charge in [0.25, 0.3) is 0 Å². The van der Waals surface area contributed by atoms with Crippen LogP contribution in [-0.2, 0) is 75.8 Å². The molecule has 0 aliphatic carbocycles. The van der Waals surface area contributed by atoms with Crippen LogP contribution < -0.4 is 0 Å². The standard InChI is InChI=1S/3C4H10S2.2Bi/c3*5-3-1-2-4-6;;/h3*5-6H,1-4H2;;/q;;;2*+3/p-6. The van der Waals surface area contributed by atoms with Crippen LogP contribution in [0.25, 0.3) is 0 Å². The second-order valence-electron chi connectivity index (χ2n) is 3.35. The molecule has 0 heterocycles. The van der Waals surface area contributed by atoms with Gasteiger partial charge in [-0.1, -0.05) is 38.5 Å². The summed E-state index contributed by atoms with van der Waals surface area (Å²) in [4.78, 5) is 0. The molecular weight excluding hydrogens is 754 g/mol. The zero-order valence-electron chi connectivity index (χ0n) is 11.8. The van der Waals surface area contributed by atoms with Crippen molar-refractivity contribution in [2.24, 2.45) is 0 Å². The first-order valence-corrected chi connectivity index (χ1v) is 9.70. The van der Waals surface area contributed by atoms with E-state index in [1.807, 2.05) is 0 Å². The van der Waals surface area contributed by atoms with Gasteiger partial charge in [-0.2, -0.15) is 34.5 Å². The summed E-state index contributed by atoms with van der Waals surface area (Å²) in [5, 5.41) is 0. The summed E-state index contributed by atoms with van der Waals surface area (Å²) < 4.78 is 0. The van der Waals surface area contributed by atoms with Crippen LogP contribution in [0, 0.1) is 0 Å². The number of rotatable bonds is 9. The van der Waals surface area contributed by atoms with Crippen molar-refractivity contribution in [2.75, 3.05) is 34.5 Å². The van der Waals surface area contributed by atoms with Crippen LogP contribution in [-0.4, -0.2) is 86.9 Å². The summed E-state index contributed by atoms with van der Waals surface area (Å²) in [6.07, 6.45) is 6.74. The molecule has 0 atom stereocenters. The van der Waals surface area contributed by atoms with E-state index in [0.29, 0.717) is 0 Å². The van der Waals surface area contributed by atoms with Crippen molar-refractivity contribution >= 4 is 128 Å². The molecule has 0 amide bonds. The van der Waals surface area contributed by atoms with Gasteiger partial charge in [0.15, 0.2) is 0 Å². The van der Waals surface area contributed by atoms with E-state index in [1.54, 1.807) is 0 Å². The summed E-state index contributed by atoms with van der Waals surface area (Å²) in [6.45, 7) is 0. The Bertz CT molecular complexity index is 80.9. The molecule has 20 heavy (non-hydrogen) atoms. The minimum Gasteiger partial charge on any atom is -0.793 e. The van der Waals surface area contributed by atoms with Gasteiger partial charge >= 0.3 is 52.4 Å². The summed E-state index contributed by atoms with van der Waals surface area (Å²) in [7, 11) is 0. The minimum absolute atomic E-state index is 0. The van der Waals surface area contributed by atoms with Crippen LogP contribution in [0.2, 0.25) is 0 Å². The van der Waals surface area contributed by atoms with Crippen molar-refractivity contribution in [1.82, 2.24) is 0 Å². The molecule has 0 nitrogen and oxygen atoms in total. The quantitative estimate of drug-likeness (QED) is 0.198. The zero-order valence-corrected chi connectivity index (χ0v) is 23.7. The normalized spacial score (nSPS) is 8.10. The molecule has 0 N–H and O–H groups in total. The Morgan fingerprint density at radius 2 is 0.400 bits per heavy atom. The topological polar surface area (TPSA) is 0 Å².